The summed E-state index contributed by atoms with van der Waals surface area (Å²) >= 11 is 0. The van der Waals surface area contributed by atoms with Crippen LogP contribution in [0.25, 0.3) is 0 Å². The summed E-state index contributed by atoms with van der Waals surface area (Å²) in [7, 11) is 1.57. The summed E-state index contributed by atoms with van der Waals surface area (Å²) in [5, 5.41) is 8.56. The fraction of sp³-hybridized carbons (Fsp3) is 0.462. The minimum Gasteiger partial charge on any atom is -0.383 e. The molecule has 0 spiro atoms. The number of hydrogen-bond acceptors (Lipinski definition) is 3. The maximum Gasteiger partial charge on any atom is 0.163 e. The first-order chi connectivity index (χ1) is 8.69. The number of hydrogen-bond donors (Lipinski definition) is 0. The smallest absolute Gasteiger partial charge is 0.163 e. The van der Waals surface area contributed by atoms with E-state index in [9.17, 15) is 8.78 Å². The summed E-state index contributed by atoms with van der Waals surface area (Å²) in [6, 6.07) is 6.15. The molecule has 0 amide bonds. The van der Waals surface area contributed by atoms with Gasteiger partial charge in [0.2, 0.25) is 0 Å². The summed E-state index contributed by atoms with van der Waals surface area (Å²) in [4.78, 5) is 1.87. The average Bonchev–Trinajstić information content (AvgIpc) is 2.38. The van der Waals surface area contributed by atoms with Gasteiger partial charge in [0.05, 0.1) is 12.7 Å². The second kappa shape index (κ2) is 7.75. The zero-order valence-corrected chi connectivity index (χ0v) is 10.3. The third-order valence-corrected chi connectivity index (χ3v) is 2.58. The highest BCUT2D eigenvalue weighted by atomic mass is 19.2. The van der Waals surface area contributed by atoms with E-state index in [-0.39, 0.29) is 6.54 Å². The average molecular weight is 254 g/mol. The number of ether oxygens (including phenoxy) is 1. The van der Waals surface area contributed by atoms with Crippen LogP contribution in [0.5, 0.6) is 0 Å². The largest absolute Gasteiger partial charge is 0.383 e. The molecule has 0 bridgehead atoms. The number of nitrogens with zero attached hydrogens (tertiary/aromatic N) is 2. The molecule has 98 valence electrons. The molecule has 0 aliphatic heterocycles. The van der Waals surface area contributed by atoms with E-state index in [1.54, 1.807) is 13.2 Å². The Balaban J connectivity index is 2.69. The van der Waals surface area contributed by atoms with E-state index in [2.05, 4.69) is 0 Å². The standard InChI is InChI=1S/C13H16F2N2O/c1-18-9-8-17(7-3-6-16)10-11-4-2-5-12(14)13(11)15/h2,4-5H,3,7-10H2,1H3. The van der Waals surface area contributed by atoms with E-state index in [1.165, 1.54) is 6.07 Å². The van der Waals surface area contributed by atoms with Gasteiger partial charge >= 0.3 is 0 Å². The van der Waals surface area contributed by atoms with Gasteiger partial charge in [-0.25, -0.2) is 8.78 Å². The van der Waals surface area contributed by atoms with Gasteiger partial charge in [0.15, 0.2) is 11.6 Å². The van der Waals surface area contributed by atoms with Gasteiger partial charge in [0.1, 0.15) is 0 Å². The van der Waals surface area contributed by atoms with Gasteiger partial charge in [0.25, 0.3) is 0 Å². The first kappa shape index (κ1) is 14.6. The van der Waals surface area contributed by atoms with Crippen molar-refractivity contribution in [2.24, 2.45) is 0 Å². The fourth-order valence-electron chi connectivity index (χ4n) is 1.61. The van der Waals surface area contributed by atoms with Crippen LogP contribution in [0.15, 0.2) is 18.2 Å². The molecule has 0 atom stereocenters. The summed E-state index contributed by atoms with van der Waals surface area (Å²) < 4.78 is 31.5. The van der Waals surface area contributed by atoms with Crippen LogP contribution in [-0.4, -0.2) is 31.7 Å². The van der Waals surface area contributed by atoms with Crippen LogP contribution < -0.4 is 0 Å². The molecule has 0 aliphatic rings. The Hall–Kier alpha value is -1.51. The lowest BCUT2D eigenvalue weighted by Gasteiger charge is -2.21. The van der Waals surface area contributed by atoms with E-state index in [0.29, 0.717) is 31.7 Å². The minimum absolute atomic E-state index is 0.272. The summed E-state index contributed by atoms with van der Waals surface area (Å²) in [6.45, 7) is 1.85. The van der Waals surface area contributed by atoms with E-state index < -0.39 is 11.6 Å². The maximum absolute atomic E-state index is 13.5. The summed E-state index contributed by atoms with van der Waals surface area (Å²) in [5.74, 6) is -1.67. The Morgan fingerprint density at radius 2 is 2.11 bits per heavy atom. The van der Waals surface area contributed by atoms with Crippen LogP contribution in [-0.2, 0) is 11.3 Å². The maximum atomic E-state index is 13.5. The molecule has 0 N–H and O–H groups in total. The zero-order valence-electron chi connectivity index (χ0n) is 10.3. The number of methoxy groups -OCH3 is 1. The highest BCUT2D eigenvalue weighted by Gasteiger charge is 2.12. The summed E-state index contributed by atoms with van der Waals surface area (Å²) in [5.41, 5.74) is 0.295. The van der Waals surface area contributed by atoms with E-state index in [1.807, 2.05) is 11.0 Å². The zero-order chi connectivity index (χ0) is 13.4. The normalized spacial score (nSPS) is 10.6. The van der Waals surface area contributed by atoms with Gasteiger partial charge in [-0.2, -0.15) is 5.26 Å². The van der Waals surface area contributed by atoms with Crippen molar-refractivity contribution in [2.45, 2.75) is 13.0 Å². The Morgan fingerprint density at radius 3 is 2.78 bits per heavy atom. The van der Waals surface area contributed by atoms with Crippen LogP contribution >= 0.6 is 0 Å². The van der Waals surface area contributed by atoms with Crippen molar-refractivity contribution in [1.29, 1.82) is 5.26 Å². The molecular formula is C13H16F2N2O. The lowest BCUT2D eigenvalue weighted by molar-refractivity contribution is 0.144. The molecule has 0 radical (unpaired) electrons. The van der Waals surface area contributed by atoms with Crippen molar-refractivity contribution < 1.29 is 13.5 Å². The summed E-state index contributed by atoms with van der Waals surface area (Å²) in [6.07, 6.45) is 0.348. The van der Waals surface area contributed by atoms with Crippen molar-refractivity contribution in [2.75, 3.05) is 26.8 Å². The molecule has 0 fully saturated rings. The molecule has 18 heavy (non-hydrogen) atoms. The van der Waals surface area contributed by atoms with Crippen LogP contribution in [0.3, 0.4) is 0 Å². The number of halogens is 2. The Kier molecular flexibility index (Phi) is 6.26. The molecule has 0 unspecified atom stereocenters. The highest BCUT2D eigenvalue weighted by Crippen LogP contribution is 2.13. The van der Waals surface area contributed by atoms with E-state index in [4.69, 9.17) is 10.00 Å². The highest BCUT2D eigenvalue weighted by molar-refractivity contribution is 5.18. The van der Waals surface area contributed by atoms with Gasteiger partial charge in [-0.15, -0.1) is 0 Å². The predicted octanol–water partition coefficient (Wildman–Crippen LogP) is 2.33. The van der Waals surface area contributed by atoms with Crippen molar-refractivity contribution in [3.8, 4) is 6.07 Å². The second-order valence-electron chi connectivity index (χ2n) is 3.89. The number of nitriles is 1. The molecular weight excluding hydrogens is 238 g/mol. The van der Waals surface area contributed by atoms with Crippen molar-refractivity contribution >= 4 is 0 Å². The first-order valence-electron chi connectivity index (χ1n) is 5.70. The van der Waals surface area contributed by atoms with Crippen LogP contribution in [0.1, 0.15) is 12.0 Å². The Labute approximate surface area is 106 Å². The molecule has 3 nitrogen and oxygen atoms in total. The van der Waals surface area contributed by atoms with Gasteiger partial charge in [0, 0.05) is 38.7 Å². The third kappa shape index (κ3) is 4.40. The molecule has 0 aliphatic carbocycles. The van der Waals surface area contributed by atoms with Gasteiger partial charge in [-0.05, 0) is 6.07 Å². The molecule has 1 rings (SSSR count). The quantitative estimate of drug-likeness (QED) is 0.749. The molecule has 1 aromatic carbocycles. The second-order valence-corrected chi connectivity index (χ2v) is 3.89. The van der Waals surface area contributed by atoms with Crippen molar-refractivity contribution in [3.05, 3.63) is 35.4 Å². The first-order valence-corrected chi connectivity index (χ1v) is 5.70. The predicted molar refractivity (Wildman–Crippen MR) is 63.7 cm³/mol. The van der Waals surface area contributed by atoms with Gasteiger partial charge in [-0.3, -0.25) is 4.90 Å². The lowest BCUT2D eigenvalue weighted by Crippen LogP contribution is -2.28. The minimum atomic E-state index is -0.848. The molecule has 0 aromatic heterocycles. The fourth-order valence-corrected chi connectivity index (χ4v) is 1.61. The number of benzene rings is 1. The third-order valence-electron chi connectivity index (χ3n) is 2.58. The molecule has 0 saturated carbocycles. The Bertz CT molecular complexity index is 418. The molecule has 0 heterocycles. The SMILES string of the molecule is COCCN(CCC#N)Cc1cccc(F)c1F. The van der Waals surface area contributed by atoms with Crippen LogP contribution in [0.4, 0.5) is 8.78 Å². The molecule has 0 saturated heterocycles. The molecule has 1 aromatic rings. The monoisotopic (exact) mass is 254 g/mol. The van der Waals surface area contributed by atoms with E-state index >= 15 is 0 Å². The van der Waals surface area contributed by atoms with Crippen molar-refractivity contribution in [1.82, 2.24) is 4.90 Å². The van der Waals surface area contributed by atoms with Crippen LogP contribution in [0.2, 0.25) is 0 Å². The van der Waals surface area contributed by atoms with E-state index in [0.717, 1.165) is 6.07 Å². The Morgan fingerprint density at radius 1 is 1.33 bits per heavy atom. The van der Waals surface area contributed by atoms with Crippen molar-refractivity contribution in [3.63, 3.8) is 0 Å². The molecule has 5 heteroatoms. The lowest BCUT2D eigenvalue weighted by atomic mass is 10.2. The van der Waals surface area contributed by atoms with Crippen LogP contribution in [0, 0.1) is 23.0 Å². The van der Waals surface area contributed by atoms with Gasteiger partial charge < -0.3 is 4.74 Å². The number of rotatable bonds is 7. The van der Waals surface area contributed by atoms with Gasteiger partial charge in [-0.1, -0.05) is 12.1 Å². The topological polar surface area (TPSA) is 36.3 Å².